The Balaban J connectivity index is 1.76. The van der Waals surface area contributed by atoms with Crippen molar-refractivity contribution in [2.45, 2.75) is 6.04 Å². The summed E-state index contributed by atoms with van der Waals surface area (Å²) in [4.78, 5) is 20.4. The first kappa shape index (κ1) is 22.2. The highest BCUT2D eigenvalue weighted by atomic mass is 35.5. The van der Waals surface area contributed by atoms with Crippen molar-refractivity contribution in [3.8, 4) is 16.9 Å². The van der Waals surface area contributed by atoms with E-state index >= 15 is 0 Å². The molecule has 1 aliphatic rings. The predicted molar refractivity (Wildman–Crippen MR) is 138 cm³/mol. The van der Waals surface area contributed by atoms with Crippen LogP contribution in [0.4, 0.5) is 5.69 Å². The molecule has 4 nitrogen and oxygen atoms in total. The fourth-order valence-electron chi connectivity index (χ4n) is 4.25. The van der Waals surface area contributed by atoms with Crippen LogP contribution >= 0.6 is 23.2 Å². The van der Waals surface area contributed by atoms with Gasteiger partial charge in [0.05, 0.1) is 11.4 Å². The molecule has 1 unspecified atom stereocenters. The van der Waals surface area contributed by atoms with E-state index in [1.54, 1.807) is 42.3 Å². The molecule has 1 heterocycles. The van der Waals surface area contributed by atoms with Crippen LogP contribution in [0.3, 0.4) is 0 Å². The number of fused-ring (bicyclic) bond motifs is 1. The van der Waals surface area contributed by atoms with E-state index in [9.17, 15) is 9.90 Å². The predicted octanol–water partition coefficient (Wildman–Crippen LogP) is 6.92. The number of aliphatic imine (C=N–C) groups is 1. The zero-order valence-corrected chi connectivity index (χ0v) is 19.8. The van der Waals surface area contributed by atoms with E-state index < -0.39 is 6.04 Å². The highest BCUT2D eigenvalue weighted by molar-refractivity contribution is 6.32. The Morgan fingerprint density at radius 1 is 0.794 bits per heavy atom. The molecule has 0 fully saturated rings. The molecule has 4 aromatic carbocycles. The number of benzodiazepines with no additional fused rings is 1. The average molecular weight is 487 g/mol. The number of likely N-dealkylation sites (N-methyl/N-ethyl adjacent to an activating group) is 1. The van der Waals surface area contributed by atoms with Crippen LogP contribution in [-0.4, -0.2) is 23.8 Å². The second-order valence-corrected chi connectivity index (χ2v) is 8.96. The Bertz CT molecular complexity index is 1430. The van der Waals surface area contributed by atoms with Crippen LogP contribution in [0, 0.1) is 0 Å². The molecule has 0 saturated heterocycles. The standard InChI is InChI=1S/C28H20Cl2N2O2/c1-32-25-14-11-20(30)16-24(25)26(17-9-12-21(33)13-10-17)31-27(28(32)34)23-8-3-2-7-22(23)18-5-4-6-19(29)15-18/h2-16,27,33H,1H3. The molecule has 4 aromatic rings. The van der Waals surface area contributed by atoms with E-state index in [4.69, 9.17) is 28.2 Å². The molecule has 168 valence electrons. The average Bonchev–Trinajstić information content (AvgIpc) is 2.94. The summed E-state index contributed by atoms with van der Waals surface area (Å²) >= 11 is 12.6. The molecular weight excluding hydrogens is 467 g/mol. The number of amides is 1. The van der Waals surface area contributed by atoms with Crippen LogP contribution in [0.5, 0.6) is 5.75 Å². The molecule has 0 saturated carbocycles. The van der Waals surface area contributed by atoms with Gasteiger partial charge in [-0.25, -0.2) is 0 Å². The van der Waals surface area contributed by atoms with Crippen molar-refractivity contribution in [2.24, 2.45) is 4.99 Å². The SMILES string of the molecule is CN1C(=O)C(c2ccccc2-c2cccc(Cl)c2)N=C(c2ccc(O)cc2)c2cc(Cl)ccc21. The number of benzene rings is 4. The normalized spacial score (nSPS) is 15.5. The zero-order chi connectivity index (χ0) is 23.8. The highest BCUT2D eigenvalue weighted by Crippen LogP contribution is 2.38. The van der Waals surface area contributed by atoms with Gasteiger partial charge in [0, 0.05) is 28.2 Å². The molecule has 34 heavy (non-hydrogen) atoms. The van der Waals surface area contributed by atoms with Crippen LogP contribution in [0.25, 0.3) is 11.1 Å². The van der Waals surface area contributed by atoms with Gasteiger partial charge in [0.1, 0.15) is 5.75 Å². The Labute approximate surface area is 207 Å². The van der Waals surface area contributed by atoms with E-state index in [-0.39, 0.29) is 11.7 Å². The second-order valence-electron chi connectivity index (χ2n) is 8.08. The van der Waals surface area contributed by atoms with Gasteiger partial charge in [-0.3, -0.25) is 9.79 Å². The fraction of sp³-hybridized carbons (Fsp3) is 0.0714. The highest BCUT2D eigenvalue weighted by Gasteiger charge is 2.32. The van der Waals surface area contributed by atoms with Crippen molar-refractivity contribution in [1.29, 1.82) is 0 Å². The van der Waals surface area contributed by atoms with Crippen molar-refractivity contribution < 1.29 is 9.90 Å². The fourth-order valence-corrected chi connectivity index (χ4v) is 4.62. The first-order chi connectivity index (χ1) is 16.4. The van der Waals surface area contributed by atoms with Gasteiger partial charge in [-0.1, -0.05) is 59.6 Å². The maximum Gasteiger partial charge on any atom is 0.256 e. The van der Waals surface area contributed by atoms with E-state index in [1.807, 2.05) is 60.7 Å². The lowest BCUT2D eigenvalue weighted by Gasteiger charge is -2.22. The Morgan fingerprint density at radius 3 is 2.29 bits per heavy atom. The molecule has 5 rings (SSSR count). The molecule has 0 aromatic heterocycles. The minimum Gasteiger partial charge on any atom is -0.508 e. The molecule has 0 radical (unpaired) electrons. The van der Waals surface area contributed by atoms with Gasteiger partial charge >= 0.3 is 0 Å². The van der Waals surface area contributed by atoms with Gasteiger partial charge in [-0.15, -0.1) is 0 Å². The summed E-state index contributed by atoms with van der Waals surface area (Å²) in [6.45, 7) is 0. The Kier molecular flexibility index (Phi) is 5.86. The molecule has 6 heteroatoms. The van der Waals surface area contributed by atoms with Crippen molar-refractivity contribution in [3.63, 3.8) is 0 Å². The summed E-state index contributed by atoms with van der Waals surface area (Å²) in [5.41, 5.74) is 5.42. The van der Waals surface area contributed by atoms with Gasteiger partial charge in [0.25, 0.3) is 5.91 Å². The molecule has 1 amide bonds. The first-order valence-electron chi connectivity index (χ1n) is 10.7. The van der Waals surface area contributed by atoms with Crippen LogP contribution in [-0.2, 0) is 4.79 Å². The number of hydrogen-bond donors (Lipinski definition) is 1. The van der Waals surface area contributed by atoms with Crippen LogP contribution in [0.15, 0.2) is 96.0 Å². The molecule has 1 N–H and O–H groups in total. The topological polar surface area (TPSA) is 52.9 Å². The molecule has 0 spiro atoms. The van der Waals surface area contributed by atoms with Gasteiger partial charge in [0.15, 0.2) is 6.04 Å². The van der Waals surface area contributed by atoms with Crippen molar-refractivity contribution in [2.75, 3.05) is 11.9 Å². The summed E-state index contributed by atoms with van der Waals surface area (Å²) in [5, 5.41) is 11.0. The lowest BCUT2D eigenvalue weighted by Crippen LogP contribution is -2.30. The van der Waals surface area contributed by atoms with E-state index in [2.05, 4.69) is 0 Å². The number of phenolic OH excluding ortho intramolecular Hbond substituents is 1. The number of halogens is 2. The maximum atomic E-state index is 13.8. The number of aromatic hydroxyl groups is 1. The van der Waals surface area contributed by atoms with E-state index in [0.29, 0.717) is 21.4 Å². The minimum atomic E-state index is -0.796. The third-order valence-corrected chi connectivity index (χ3v) is 6.40. The zero-order valence-electron chi connectivity index (χ0n) is 18.2. The first-order valence-corrected chi connectivity index (χ1v) is 11.5. The summed E-state index contributed by atoms with van der Waals surface area (Å²) < 4.78 is 0. The number of carbonyl (C=O) groups excluding carboxylic acids is 1. The van der Waals surface area contributed by atoms with Gasteiger partial charge in [-0.05, 0) is 71.3 Å². The molecular formula is C28H20Cl2N2O2. The quantitative estimate of drug-likeness (QED) is 0.341. The molecule has 1 aliphatic heterocycles. The second kappa shape index (κ2) is 8.98. The minimum absolute atomic E-state index is 0.153. The summed E-state index contributed by atoms with van der Waals surface area (Å²) in [7, 11) is 1.75. The summed E-state index contributed by atoms with van der Waals surface area (Å²) in [5.74, 6) is -0.00725. The van der Waals surface area contributed by atoms with Crippen molar-refractivity contribution >= 4 is 40.5 Å². The summed E-state index contributed by atoms with van der Waals surface area (Å²) in [6, 6.07) is 26.7. The van der Waals surface area contributed by atoms with Crippen LogP contribution < -0.4 is 4.90 Å². The van der Waals surface area contributed by atoms with Gasteiger partial charge in [0.2, 0.25) is 0 Å². The number of hydrogen-bond acceptors (Lipinski definition) is 3. The van der Waals surface area contributed by atoms with Gasteiger partial charge < -0.3 is 10.0 Å². The Hall–Kier alpha value is -3.60. The molecule has 0 bridgehead atoms. The molecule has 1 atom stereocenters. The third kappa shape index (κ3) is 4.07. The number of rotatable bonds is 3. The lowest BCUT2D eigenvalue weighted by molar-refractivity contribution is -0.119. The Morgan fingerprint density at radius 2 is 1.53 bits per heavy atom. The monoisotopic (exact) mass is 486 g/mol. The van der Waals surface area contributed by atoms with Gasteiger partial charge in [-0.2, -0.15) is 0 Å². The third-order valence-electron chi connectivity index (χ3n) is 5.93. The molecule has 0 aliphatic carbocycles. The maximum absolute atomic E-state index is 13.8. The number of nitrogens with zero attached hydrogens (tertiary/aromatic N) is 2. The van der Waals surface area contributed by atoms with E-state index in [1.165, 1.54) is 0 Å². The largest absolute Gasteiger partial charge is 0.508 e. The lowest BCUT2D eigenvalue weighted by atomic mass is 9.94. The number of carbonyl (C=O) groups is 1. The van der Waals surface area contributed by atoms with E-state index in [0.717, 1.165) is 27.8 Å². The smallest absolute Gasteiger partial charge is 0.256 e. The van der Waals surface area contributed by atoms with Crippen LogP contribution in [0.1, 0.15) is 22.7 Å². The van der Waals surface area contributed by atoms with Crippen molar-refractivity contribution in [3.05, 3.63) is 118 Å². The summed E-state index contributed by atoms with van der Waals surface area (Å²) in [6.07, 6.45) is 0. The van der Waals surface area contributed by atoms with Crippen molar-refractivity contribution in [1.82, 2.24) is 0 Å². The number of phenols is 1. The van der Waals surface area contributed by atoms with Crippen LogP contribution in [0.2, 0.25) is 10.0 Å². The number of anilines is 1.